The van der Waals surface area contributed by atoms with E-state index in [4.69, 9.17) is 4.74 Å². The highest BCUT2D eigenvalue weighted by Crippen LogP contribution is 2.33. The van der Waals surface area contributed by atoms with Crippen molar-refractivity contribution in [2.24, 2.45) is 5.92 Å². The summed E-state index contributed by atoms with van der Waals surface area (Å²) in [4.78, 5) is 19.3. The maximum atomic E-state index is 13.0. The van der Waals surface area contributed by atoms with E-state index in [9.17, 15) is 4.79 Å². The molecule has 2 aliphatic heterocycles. The maximum Gasteiger partial charge on any atom is 0.317 e. The van der Waals surface area contributed by atoms with E-state index in [2.05, 4.69) is 15.2 Å². The number of aromatic nitrogens is 1. The highest BCUT2D eigenvalue weighted by molar-refractivity contribution is 5.75. The number of ether oxygens (including phenoxy) is 1. The summed E-state index contributed by atoms with van der Waals surface area (Å²) in [5.41, 5.74) is 1.05. The topological polar surface area (TPSA) is 54.5 Å². The molecule has 5 heteroatoms. The van der Waals surface area contributed by atoms with Gasteiger partial charge in [-0.1, -0.05) is 38.2 Å². The minimum absolute atomic E-state index is 0.0441. The lowest BCUT2D eigenvalue weighted by Gasteiger charge is -2.31. The SMILES string of the molecule is O=C(N[C@H]1CCO[C@@H]1c1cccnc1)N1CCCC1CC1CCCCC1. The van der Waals surface area contributed by atoms with Crippen molar-refractivity contribution in [1.29, 1.82) is 0 Å². The molecule has 142 valence electrons. The molecule has 1 saturated carbocycles. The average molecular weight is 357 g/mol. The number of nitrogens with zero attached hydrogens (tertiary/aromatic N) is 2. The molecular formula is C21H31N3O2. The Morgan fingerprint density at radius 2 is 2.08 bits per heavy atom. The van der Waals surface area contributed by atoms with Crippen molar-refractivity contribution < 1.29 is 9.53 Å². The molecule has 2 saturated heterocycles. The quantitative estimate of drug-likeness (QED) is 0.884. The molecule has 3 fully saturated rings. The van der Waals surface area contributed by atoms with Crippen LogP contribution in [0.15, 0.2) is 24.5 Å². The second-order valence-corrected chi connectivity index (χ2v) is 8.15. The Hall–Kier alpha value is -1.62. The third-order valence-corrected chi connectivity index (χ3v) is 6.38. The molecule has 0 aromatic carbocycles. The second-order valence-electron chi connectivity index (χ2n) is 8.15. The van der Waals surface area contributed by atoms with Crippen LogP contribution in [0.2, 0.25) is 0 Å². The summed E-state index contributed by atoms with van der Waals surface area (Å²) < 4.78 is 5.89. The van der Waals surface area contributed by atoms with Gasteiger partial charge in [0.05, 0.1) is 6.04 Å². The molecule has 0 spiro atoms. The fourth-order valence-corrected chi connectivity index (χ4v) is 5.01. The molecule has 3 aliphatic rings. The van der Waals surface area contributed by atoms with Crippen LogP contribution >= 0.6 is 0 Å². The lowest BCUT2D eigenvalue weighted by molar-refractivity contribution is 0.0970. The van der Waals surface area contributed by atoms with Crippen molar-refractivity contribution in [3.8, 4) is 0 Å². The van der Waals surface area contributed by atoms with Crippen LogP contribution in [0.25, 0.3) is 0 Å². The Morgan fingerprint density at radius 3 is 2.88 bits per heavy atom. The van der Waals surface area contributed by atoms with Gasteiger partial charge in [-0.3, -0.25) is 4.98 Å². The summed E-state index contributed by atoms with van der Waals surface area (Å²) in [7, 11) is 0. The molecule has 1 aliphatic carbocycles. The van der Waals surface area contributed by atoms with Crippen LogP contribution in [0, 0.1) is 5.92 Å². The van der Waals surface area contributed by atoms with Crippen LogP contribution in [-0.4, -0.2) is 41.2 Å². The van der Waals surface area contributed by atoms with Gasteiger partial charge in [-0.25, -0.2) is 4.79 Å². The molecule has 3 atom stereocenters. The van der Waals surface area contributed by atoms with Crippen LogP contribution in [0.1, 0.15) is 69.5 Å². The number of hydrogen-bond acceptors (Lipinski definition) is 3. The number of rotatable bonds is 4. The zero-order chi connectivity index (χ0) is 17.8. The molecule has 2 amide bonds. The minimum Gasteiger partial charge on any atom is -0.371 e. The molecule has 1 aromatic rings. The molecule has 0 radical (unpaired) electrons. The highest BCUT2D eigenvalue weighted by atomic mass is 16.5. The summed E-state index contributed by atoms with van der Waals surface area (Å²) in [6.45, 7) is 1.59. The van der Waals surface area contributed by atoms with Gasteiger partial charge in [0, 0.05) is 37.2 Å². The zero-order valence-corrected chi connectivity index (χ0v) is 15.6. The lowest BCUT2D eigenvalue weighted by atomic mass is 9.84. The lowest BCUT2D eigenvalue weighted by Crippen LogP contribution is -2.48. The molecule has 26 heavy (non-hydrogen) atoms. The Kier molecular flexibility index (Phi) is 5.73. The van der Waals surface area contributed by atoms with E-state index in [1.54, 1.807) is 6.20 Å². The van der Waals surface area contributed by atoms with Crippen molar-refractivity contribution in [2.75, 3.05) is 13.2 Å². The Morgan fingerprint density at radius 1 is 1.19 bits per heavy atom. The second kappa shape index (κ2) is 8.38. The van der Waals surface area contributed by atoms with Crippen molar-refractivity contribution in [3.05, 3.63) is 30.1 Å². The van der Waals surface area contributed by atoms with Crippen molar-refractivity contribution >= 4 is 6.03 Å². The number of carbonyl (C=O) groups excluding carboxylic acids is 1. The summed E-state index contributed by atoms with van der Waals surface area (Å²) in [5, 5.41) is 3.27. The van der Waals surface area contributed by atoms with Gasteiger partial charge in [0.25, 0.3) is 0 Å². The predicted molar refractivity (Wildman–Crippen MR) is 101 cm³/mol. The van der Waals surface area contributed by atoms with Crippen LogP contribution in [0.3, 0.4) is 0 Å². The fraction of sp³-hybridized carbons (Fsp3) is 0.714. The van der Waals surface area contributed by atoms with Gasteiger partial charge in [0.2, 0.25) is 0 Å². The van der Waals surface area contributed by atoms with E-state index in [0.29, 0.717) is 12.6 Å². The van der Waals surface area contributed by atoms with E-state index in [0.717, 1.165) is 37.3 Å². The summed E-state index contributed by atoms with van der Waals surface area (Å²) in [6, 6.07) is 4.54. The average Bonchev–Trinajstić information content (AvgIpc) is 3.33. The first kappa shape index (κ1) is 17.8. The zero-order valence-electron chi connectivity index (χ0n) is 15.6. The number of likely N-dealkylation sites (tertiary alicyclic amines) is 1. The fourth-order valence-electron chi connectivity index (χ4n) is 5.01. The normalized spacial score (nSPS) is 29.8. The van der Waals surface area contributed by atoms with E-state index in [1.165, 1.54) is 38.5 Å². The van der Waals surface area contributed by atoms with Crippen LogP contribution in [0.4, 0.5) is 4.79 Å². The van der Waals surface area contributed by atoms with Crippen LogP contribution < -0.4 is 5.32 Å². The van der Waals surface area contributed by atoms with Gasteiger partial charge in [0.1, 0.15) is 6.10 Å². The number of urea groups is 1. The van der Waals surface area contributed by atoms with Gasteiger partial charge in [-0.05, 0) is 37.7 Å². The summed E-state index contributed by atoms with van der Waals surface area (Å²) in [6.07, 6.45) is 14.7. The van der Waals surface area contributed by atoms with Crippen molar-refractivity contribution in [1.82, 2.24) is 15.2 Å². The molecule has 0 bridgehead atoms. The molecular weight excluding hydrogens is 326 g/mol. The van der Waals surface area contributed by atoms with Gasteiger partial charge in [0.15, 0.2) is 0 Å². The summed E-state index contributed by atoms with van der Waals surface area (Å²) >= 11 is 0. The first-order chi connectivity index (χ1) is 12.8. The van der Waals surface area contributed by atoms with Gasteiger partial charge in [-0.15, -0.1) is 0 Å². The summed E-state index contributed by atoms with van der Waals surface area (Å²) in [5.74, 6) is 0.820. The van der Waals surface area contributed by atoms with Crippen molar-refractivity contribution in [3.63, 3.8) is 0 Å². The Bertz CT molecular complexity index is 588. The number of nitrogens with one attached hydrogen (secondary N) is 1. The monoisotopic (exact) mass is 357 g/mol. The maximum absolute atomic E-state index is 13.0. The minimum atomic E-state index is -0.0768. The molecule has 5 nitrogen and oxygen atoms in total. The van der Waals surface area contributed by atoms with Crippen LogP contribution in [0.5, 0.6) is 0 Å². The van der Waals surface area contributed by atoms with E-state index in [1.807, 2.05) is 18.3 Å². The molecule has 4 rings (SSSR count). The number of pyridine rings is 1. The number of carbonyl (C=O) groups is 1. The standard InChI is InChI=1S/C21H31N3O2/c25-21(23-19-10-13-26-20(19)17-8-4-11-22-15-17)24-12-5-9-18(24)14-16-6-2-1-3-7-16/h4,8,11,15-16,18-20H,1-3,5-7,9-10,12-14H2,(H,23,25)/t18?,19-,20+/m0/s1. The largest absolute Gasteiger partial charge is 0.371 e. The molecule has 3 heterocycles. The van der Waals surface area contributed by atoms with E-state index in [-0.39, 0.29) is 18.2 Å². The highest BCUT2D eigenvalue weighted by Gasteiger charge is 2.35. The Balaban J connectivity index is 1.35. The van der Waals surface area contributed by atoms with Gasteiger partial charge in [-0.2, -0.15) is 0 Å². The van der Waals surface area contributed by atoms with Gasteiger partial charge >= 0.3 is 6.03 Å². The number of amides is 2. The van der Waals surface area contributed by atoms with E-state index >= 15 is 0 Å². The van der Waals surface area contributed by atoms with Gasteiger partial charge < -0.3 is 15.0 Å². The first-order valence-electron chi connectivity index (χ1n) is 10.4. The van der Waals surface area contributed by atoms with E-state index < -0.39 is 0 Å². The van der Waals surface area contributed by atoms with Crippen molar-refractivity contribution in [2.45, 2.75) is 76.0 Å². The molecule has 1 N–H and O–H groups in total. The Labute approximate surface area is 156 Å². The third kappa shape index (κ3) is 4.03. The molecule has 1 aromatic heterocycles. The third-order valence-electron chi connectivity index (χ3n) is 6.38. The van der Waals surface area contributed by atoms with Crippen LogP contribution in [-0.2, 0) is 4.74 Å². The number of hydrogen-bond donors (Lipinski definition) is 1. The molecule has 1 unspecified atom stereocenters. The first-order valence-corrected chi connectivity index (χ1v) is 10.4. The smallest absolute Gasteiger partial charge is 0.317 e. The predicted octanol–water partition coefficient (Wildman–Crippen LogP) is 4.06.